The lowest BCUT2D eigenvalue weighted by atomic mass is 10.0. The summed E-state index contributed by atoms with van der Waals surface area (Å²) in [6.45, 7) is 4.06. The number of hydrogen-bond acceptors (Lipinski definition) is 3. The van der Waals surface area contributed by atoms with Crippen LogP contribution < -0.4 is 15.0 Å². The third-order valence-electron chi connectivity index (χ3n) is 7.04. The van der Waals surface area contributed by atoms with Crippen molar-refractivity contribution in [1.29, 1.82) is 0 Å². The van der Waals surface area contributed by atoms with Crippen LogP contribution in [0.5, 0.6) is 11.5 Å². The first-order valence-corrected chi connectivity index (χ1v) is 13.6. The maximum absolute atomic E-state index is 6.34. The van der Waals surface area contributed by atoms with E-state index in [1.807, 2.05) is 86.8 Å². The molecule has 3 heterocycles. The summed E-state index contributed by atoms with van der Waals surface area (Å²) in [7, 11) is 0. The number of pyridine rings is 1. The summed E-state index contributed by atoms with van der Waals surface area (Å²) in [5.74, 6) is 1.61. The Morgan fingerprint density at radius 2 is 1.62 bits per heavy atom. The molecule has 3 aromatic carbocycles. The van der Waals surface area contributed by atoms with Crippen molar-refractivity contribution < 1.29 is 4.74 Å². The Balaban J connectivity index is 1.40. The molecule has 39 heavy (non-hydrogen) atoms. The molecule has 6 rings (SSSR count). The standard InChI is InChI=1S/C32H27ClN4OS/c1-21-8-3-4-11-29(21)38-25-15-12-23(13-16-25)37-31(30(35-32(37)39)27-9-5-6-18-34-27)28-10-7-19-36(28)24-14-17-26(33)22(2)20-24/h3-20,30-31H,1-2H3,(H,35,39)/t30-,31-/m0/s1. The molecule has 1 saturated heterocycles. The van der Waals surface area contributed by atoms with E-state index in [0.29, 0.717) is 5.11 Å². The fourth-order valence-corrected chi connectivity index (χ4v) is 5.52. The van der Waals surface area contributed by atoms with E-state index in [-0.39, 0.29) is 12.1 Å². The van der Waals surface area contributed by atoms with E-state index in [1.54, 1.807) is 0 Å². The average Bonchev–Trinajstić information content (AvgIpc) is 3.57. The summed E-state index contributed by atoms with van der Waals surface area (Å²) in [6, 6.07) is 32.0. The molecule has 1 N–H and O–H groups in total. The van der Waals surface area contributed by atoms with Gasteiger partial charge in [0.25, 0.3) is 0 Å². The van der Waals surface area contributed by atoms with E-state index in [4.69, 9.17) is 28.6 Å². The zero-order valence-corrected chi connectivity index (χ0v) is 23.2. The number of benzene rings is 3. The highest BCUT2D eigenvalue weighted by molar-refractivity contribution is 7.80. The highest BCUT2D eigenvalue weighted by Crippen LogP contribution is 2.43. The van der Waals surface area contributed by atoms with Crippen molar-refractivity contribution in [2.75, 3.05) is 4.90 Å². The van der Waals surface area contributed by atoms with E-state index in [9.17, 15) is 0 Å². The number of rotatable bonds is 6. The molecule has 0 radical (unpaired) electrons. The largest absolute Gasteiger partial charge is 0.457 e. The third-order valence-corrected chi connectivity index (χ3v) is 7.78. The van der Waals surface area contributed by atoms with E-state index in [0.717, 1.165) is 50.4 Å². The van der Waals surface area contributed by atoms with E-state index in [1.165, 1.54) is 0 Å². The number of ether oxygens (including phenoxy) is 1. The molecular weight excluding hydrogens is 524 g/mol. The number of thiocarbonyl (C=S) groups is 1. The lowest BCUT2D eigenvalue weighted by Gasteiger charge is -2.29. The van der Waals surface area contributed by atoms with Crippen LogP contribution >= 0.6 is 23.8 Å². The van der Waals surface area contributed by atoms with Crippen LogP contribution in [0.15, 0.2) is 109 Å². The highest BCUT2D eigenvalue weighted by Gasteiger charge is 2.42. The predicted molar refractivity (Wildman–Crippen MR) is 161 cm³/mol. The second-order valence-corrected chi connectivity index (χ2v) is 10.4. The Labute approximate surface area is 238 Å². The Hall–Kier alpha value is -4.13. The molecule has 2 atom stereocenters. The van der Waals surface area contributed by atoms with Gasteiger partial charge >= 0.3 is 0 Å². The molecule has 1 aliphatic heterocycles. The molecule has 0 amide bonds. The maximum atomic E-state index is 6.34. The number of para-hydroxylation sites is 1. The minimum absolute atomic E-state index is 0.149. The Bertz CT molecular complexity index is 1630. The maximum Gasteiger partial charge on any atom is 0.174 e. The SMILES string of the molecule is Cc1cc(-n2cccc2[C@H]2[C@H](c3ccccn3)NC(=S)N2c2ccc(Oc3ccccc3C)cc2)ccc1Cl. The molecule has 1 fully saturated rings. The van der Waals surface area contributed by atoms with Gasteiger partial charge in [-0.05, 0) is 110 Å². The summed E-state index contributed by atoms with van der Waals surface area (Å²) in [5, 5.41) is 4.94. The fraction of sp³-hybridized carbons (Fsp3) is 0.125. The molecule has 1 aliphatic rings. The summed E-state index contributed by atoms with van der Waals surface area (Å²) < 4.78 is 8.35. The van der Waals surface area contributed by atoms with Crippen molar-refractivity contribution in [3.63, 3.8) is 0 Å². The van der Waals surface area contributed by atoms with Gasteiger partial charge in [0, 0.05) is 34.5 Å². The topological polar surface area (TPSA) is 42.3 Å². The molecule has 2 aromatic heterocycles. The van der Waals surface area contributed by atoms with Gasteiger partial charge < -0.3 is 19.5 Å². The minimum atomic E-state index is -0.151. The number of halogens is 1. The number of aromatic nitrogens is 2. The van der Waals surface area contributed by atoms with Gasteiger partial charge in [0.05, 0.1) is 11.7 Å². The van der Waals surface area contributed by atoms with Crippen LogP contribution in [0.25, 0.3) is 5.69 Å². The predicted octanol–water partition coefficient (Wildman–Crippen LogP) is 8.11. The van der Waals surface area contributed by atoms with Gasteiger partial charge in [-0.1, -0.05) is 35.9 Å². The van der Waals surface area contributed by atoms with Gasteiger partial charge in [-0.25, -0.2) is 0 Å². The number of aryl methyl sites for hydroxylation is 2. The first-order valence-electron chi connectivity index (χ1n) is 12.8. The van der Waals surface area contributed by atoms with E-state index in [2.05, 4.69) is 56.3 Å². The van der Waals surface area contributed by atoms with Crippen LogP contribution in [0.1, 0.15) is 34.6 Å². The lowest BCUT2D eigenvalue weighted by Crippen LogP contribution is -2.30. The van der Waals surface area contributed by atoms with Crippen molar-refractivity contribution in [2.45, 2.75) is 25.9 Å². The molecule has 7 heteroatoms. The van der Waals surface area contributed by atoms with E-state index < -0.39 is 0 Å². The summed E-state index contributed by atoms with van der Waals surface area (Å²) in [6.07, 6.45) is 3.89. The number of hydrogen-bond donors (Lipinski definition) is 1. The molecule has 0 saturated carbocycles. The first-order chi connectivity index (χ1) is 19.0. The second kappa shape index (κ2) is 10.6. The van der Waals surface area contributed by atoms with Crippen molar-refractivity contribution in [3.05, 3.63) is 137 Å². The zero-order valence-electron chi connectivity index (χ0n) is 21.6. The Morgan fingerprint density at radius 3 is 2.36 bits per heavy atom. The van der Waals surface area contributed by atoms with Crippen LogP contribution in [0.3, 0.4) is 0 Å². The van der Waals surface area contributed by atoms with Crippen LogP contribution in [0.2, 0.25) is 5.02 Å². The zero-order chi connectivity index (χ0) is 26.9. The summed E-state index contributed by atoms with van der Waals surface area (Å²) in [5.41, 5.74) is 6.12. The smallest absolute Gasteiger partial charge is 0.174 e. The monoisotopic (exact) mass is 550 g/mol. The molecule has 0 spiro atoms. The highest BCUT2D eigenvalue weighted by atomic mass is 35.5. The van der Waals surface area contributed by atoms with Crippen molar-refractivity contribution in [2.24, 2.45) is 0 Å². The molecule has 0 aliphatic carbocycles. The Kier molecular flexibility index (Phi) is 6.81. The normalized spacial score (nSPS) is 16.8. The third kappa shape index (κ3) is 4.89. The van der Waals surface area contributed by atoms with Crippen molar-refractivity contribution in [1.82, 2.24) is 14.9 Å². The average molecular weight is 551 g/mol. The van der Waals surface area contributed by atoms with Crippen LogP contribution in [-0.4, -0.2) is 14.7 Å². The van der Waals surface area contributed by atoms with Crippen molar-refractivity contribution in [3.8, 4) is 17.2 Å². The van der Waals surface area contributed by atoms with Crippen LogP contribution in [0, 0.1) is 13.8 Å². The molecule has 5 nitrogen and oxygen atoms in total. The van der Waals surface area contributed by atoms with Gasteiger partial charge in [-0.15, -0.1) is 0 Å². The van der Waals surface area contributed by atoms with Gasteiger partial charge in [-0.2, -0.15) is 0 Å². The van der Waals surface area contributed by atoms with Gasteiger partial charge in [0.2, 0.25) is 0 Å². The Morgan fingerprint density at radius 1 is 0.846 bits per heavy atom. The molecule has 0 unspecified atom stereocenters. The van der Waals surface area contributed by atoms with Gasteiger partial charge in [-0.3, -0.25) is 4.98 Å². The summed E-state index contributed by atoms with van der Waals surface area (Å²) in [4.78, 5) is 6.85. The molecule has 0 bridgehead atoms. The van der Waals surface area contributed by atoms with Gasteiger partial charge in [0.1, 0.15) is 17.5 Å². The minimum Gasteiger partial charge on any atom is -0.457 e. The fourth-order valence-electron chi connectivity index (χ4n) is 5.06. The molecular formula is C32H27ClN4OS. The molecule has 5 aromatic rings. The van der Waals surface area contributed by atoms with Crippen molar-refractivity contribution >= 4 is 34.6 Å². The number of nitrogens with zero attached hydrogens (tertiary/aromatic N) is 3. The van der Waals surface area contributed by atoms with Crippen LogP contribution in [-0.2, 0) is 0 Å². The number of nitrogens with one attached hydrogen (secondary N) is 1. The summed E-state index contributed by atoms with van der Waals surface area (Å²) >= 11 is 12.3. The van der Waals surface area contributed by atoms with Crippen LogP contribution in [0.4, 0.5) is 5.69 Å². The lowest BCUT2D eigenvalue weighted by molar-refractivity contribution is 0.479. The quantitative estimate of drug-likeness (QED) is 0.216. The molecule has 194 valence electrons. The van der Waals surface area contributed by atoms with E-state index >= 15 is 0 Å². The second-order valence-electron chi connectivity index (χ2n) is 9.59. The number of anilines is 1. The first kappa shape index (κ1) is 25.2. The van der Waals surface area contributed by atoms with Gasteiger partial charge in [0.15, 0.2) is 5.11 Å².